The van der Waals surface area contributed by atoms with Crippen molar-refractivity contribution in [3.63, 3.8) is 0 Å². The summed E-state index contributed by atoms with van der Waals surface area (Å²) in [6.07, 6.45) is 1.13. The van der Waals surface area contributed by atoms with Gasteiger partial charge in [0.05, 0.1) is 46.1 Å². The summed E-state index contributed by atoms with van der Waals surface area (Å²) < 4.78 is 3.40. The van der Waals surface area contributed by atoms with Crippen LogP contribution in [0.15, 0.2) is 158 Å². The van der Waals surface area contributed by atoms with Crippen LogP contribution in [0.25, 0.3) is 21.8 Å². The van der Waals surface area contributed by atoms with Crippen LogP contribution >= 0.6 is 0 Å². The molecule has 0 radical (unpaired) electrons. The van der Waals surface area contributed by atoms with E-state index in [1.54, 1.807) is 91.7 Å². The highest BCUT2D eigenvalue weighted by Crippen LogP contribution is 2.45. The Morgan fingerprint density at radius 1 is 0.338 bits per heavy atom. The van der Waals surface area contributed by atoms with Crippen LogP contribution in [-0.2, 0) is 44.9 Å². The van der Waals surface area contributed by atoms with Crippen LogP contribution in [0.2, 0.25) is 0 Å². The lowest BCUT2D eigenvalue weighted by Gasteiger charge is -2.35. The molecule has 5 aliphatic rings. The number of hydrogen-bond donors (Lipinski definition) is 0. The van der Waals surface area contributed by atoms with Crippen LogP contribution in [0.4, 0.5) is 11.4 Å². The number of hydrogen-bond acceptors (Lipinski definition) is 8. The predicted molar refractivity (Wildman–Crippen MR) is 275 cm³/mol. The second kappa shape index (κ2) is 17.3. The van der Waals surface area contributed by atoms with Crippen LogP contribution in [0, 0.1) is 23.7 Å². The van der Waals surface area contributed by atoms with Crippen molar-refractivity contribution in [3.05, 3.63) is 202 Å². The van der Waals surface area contributed by atoms with Crippen molar-refractivity contribution < 1.29 is 38.4 Å². The van der Waals surface area contributed by atoms with Gasteiger partial charge in [0.15, 0.2) is 0 Å². The molecule has 3 fully saturated rings. The highest BCUT2D eigenvalue weighted by Gasteiger charge is 2.53. The van der Waals surface area contributed by atoms with Gasteiger partial charge in [0.25, 0.3) is 23.6 Å². The molecule has 5 heterocycles. The number of benzene rings is 6. The molecule has 0 N–H and O–H groups in total. The molecule has 0 bridgehead atoms. The molecule has 4 unspecified atom stereocenters. The van der Waals surface area contributed by atoms with Gasteiger partial charge in [0, 0.05) is 83.4 Å². The summed E-state index contributed by atoms with van der Waals surface area (Å²) in [5, 5.41) is 1.78. The van der Waals surface area contributed by atoms with E-state index in [4.69, 9.17) is 0 Å². The Morgan fingerprint density at radius 3 is 1.01 bits per heavy atom. The van der Waals surface area contributed by atoms with E-state index in [0.717, 1.165) is 44.3 Å². The number of para-hydroxylation sites is 2. The first-order valence-corrected chi connectivity index (χ1v) is 25.0. The summed E-state index contributed by atoms with van der Waals surface area (Å²) in [5.41, 5.74) is 7.35. The van der Waals surface area contributed by atoms with E-state index in [0.29, 0.717) is 46.5 Å². The molecule has 6 aromatic carbocycles. The zero-order chi connectivity index (χ0) is 50.5. The van der Waals surface area contributed by atoms with E-state index >= 15 is 0 Å². The van der Waals surface area contributed by atoms with E-state index in [1.807, 2.05) is 84.9 Å². The minimum atomic E-state index is -0.645. The highest BCUT2D eigenvalue weighted by molar-refractivity contribution is 6.24. The zero-order valence-corrected chi connectivity index (χ0v) is 39.9. The Balaban J connectivity index is 0.650. The molecule has 3 saturated heterocycles. The number of fused-ring (bicyclic) bond motifs is 8. The number of imide groups is 2. The van der Waals surface area contributed by atoms with Gasteiger partial charge in [-0.1, -0.05) is 72.8 Å². The van der Waals surface area contributed by atoms with Crippen molar-refractivity contribution in [2.24, 2.45) is 23.7 Å². The fourth-order valence-corrected chi connectivity index (χ4v) is 12.3. The first kappa shape index (κ1) is 44.9. The SMILES string of the molecule is O=C(c1ccc(N2C(=O)C3Cc4c(n(C(=O)c5ccccc5)c5ccccc45)CC3C2=O)cc1)N1CCN(C(=O)c2ccc(N3C(=O)C4Cc5c(n(C(=O)c6ccccc6)c6ccccc56)CC4C3=O)cc2)CC1. The third-order valence-electron chi connectivity index (χ3n) is 16.0. The van der Waals surface area contributed by atoms with Crippen molar-refractivity contribution in [1.29, 1.82) is 0 Å². The van der Waals surface area contributed by atoms with Crippen molar-refractivity contribution in [1.82, 2.24) is 18.9 Å². The van der Waals surface area contributed by atoms with Gasteiger partial charge in [-0.05, 0) is 109 Å². The van der Waals surface area contributed by atoms with E-state index in [-0.39, 0.29) is 86.3 Å². The highest BCUT2D eigenvalue weighted by atomic mass is 16.2. The van der Waals surface area contributed by atoms with Crippen LogP contribution in [0.5, 0.6) is 0 Å². The Bertz CT molecular complexity index is 3480. The quantitative estimate of drug-likeness (QED) is 0.156. The molecular formula is C60H46N6O8. The summed E-state index contributed by atoms with van der Waals surface area (Å²) in [7, 11) is 0. The monoisotopic (exact) mass is 978 g/mol. The van der Waals surface area contributed by atoms with Crippen LogP contribution in [-0.4, -0.2) is 92.4 Å². The lowest BCUT2D eigenvalue weighted by molar-refractivity contribution is -0.124. The van der Waals surface area contributed by atoms with E-state index in [1.165, 1.54) is 9.80 Å². The summed E-state index contributed by atoms with van der Waals surface area (Å²) in [6, 6.07) is 46.2. The molecule has 8 aromatic rings. The number of aromatic nitrogens is 2. The lowest BCUT2D eigenvalue weighted by Crippen LogP contribution is -2.50. The molecule has 0 spiro atoms. The number of rotatable bonds is 6. The van der Waals surface area contributed by atoms with Crippen LogP contribution < -0.4 is 9.80 Å². The first-order chi connectivity index (χ1) is 36.0. The molecule has 4 atom stereocenters. The Hall–Kier alpha value is -9.04. The number of anilines is 2. The number of nitrogens with zero attached hydrogens (tertiary/aromatic N) is 6. The van der Waals surface area contributed by atoms with Crippen LogP contribution in [0.1, 0.15) is 63.9 Å². The minimum absolute atomic E-state index is 0.189. The maximum absolute atomic E-state index is 14.1. The Labute approximate surface area is 424 Å². The van der Waals surface area contributed by atoms with Gasteiger partial charge in [-0.25, -0.2) is 0 Å². The smallest absolute Gasteiger partial charge is 0.262 e. The van der Waals surface area contributed by atoms with Gasteiger partial charge in [0.1, 0.15) is 0 Å². The zero-order valence-electron chi connectivity index (χ0n) is 39.9. The summed E-state index contributed by atoms with van der Waals surface area (Å²) in [5.74, 6) is -4.62. The maximum Gasteiger partial charge on any atom is 0.262 e. The predicted octanol–water partition coefficient (Wildman–Crippen LogP) is 7.38. The fraction of sp³-hybridized carbons (Fsp3) is 0.200. The molecule has 2 aliphatic carbocycles. The average Bonchev–Trinajstić information content (AvgIpc) is 4.12. The second-order valence-electron chi connectivity index (χ2n) is 19.8. The minimum Gasteiger partial charge on any atom is -0.335 e. The average molecular weight is 979 g/mol. The number of piperazine rings is 1. The van der Waals surface area contributed by atoms with Crippen molar-refractivity contribution >= 4 is 80.4 Å². The van der Waals surface area contributed by atoms with Crippen molar-refractivity contribution in [2.75, 3.05) is 36.0 Å². The first-order valence-electron chi connectivity index (χ1n) is 25.0. The summed E-state index contributed by atoms with van der Waals surface area (Å²) in [6.45, 7) is 1.10. The molecule has 2 aromatic heterocycles. The van der Waals surface area contributed by atoms with Gasteiger partial charge >= 0.3 is 0 Å². The maximum atomic E-state index is 14.1. The van der Waals surface area contributed by atoms with E-state index < -0.39 is 23.7 Å². The topological polar surface area (TPSA) is 159 Å². The summed E-state index contributed by atoms with van der Waals surface area (Å²) in [4.78, 5) is 118. The second-order valence-corrected chi connectivity index (χ2v) is 19.8. The largest absolute Gasteiger partial charge is 0.335 e. The molecule has 6 amide bonds. The molecule has 364 valence electrons. The molecule has 14 nitrogen and oxygen atoms in total. The number of amides is 6. The molecular weight excluding hydrogens is 933 g/mol. The van der Waals surface area contributed by atoms with Gasteiger partial charge in [-0.3, -0.25) is 57.3 Å². The molecule has 13 rings (SSSR count). The number of carbonyl (C=O) groups is 8. The lowest BCUT2D eigenvalue weighted by atomic mass is 9.79. The van der Waals surface area contributed by atoms with Gasteiger partial charge < -0.3 is 9.80 Å². The molecule has 3 aliphatic heterocycles. The number of carbonyl (C=O) groups excluding carboxylic acids is 8. The van der Waals surface area contributed by atoms with Gasteiger partial charge in [-0.15, -0.1) is 0 Å². The Kier molecular flexibility index (Phi) is 10.5. The summed E-state index contributed by atoms with van der Waals surface area (Å²) >= 11 is 0. The van der Waals surface area contributed by atoms with Crippen molar-refractivity contribution in [3.8, 4) is 0 Å². The molecule has 14 heteroatoms. The third kappa shape index (κ3) is 6.91. The normalized spacial score (nSPS) is 20.2. The fourth-order valence-electron chi connectivity index (χ4n) is 12.3. The van der Waals surface area contributed by atoms with E-state index in [2.05, 4.69) is 0 Å². The van der Waals surface area contributed by atoms with E-state index in [9.17, 15) is 38.4 Å². The van der Waals surface area contributed by atoms with Crippen LogP contribution in [0.3, 0.4) is 0 Å². The standard InChI is InChI=1S/C60H46N6O8/c67-53(37-19-23-39(24-20-37)63-57(71)45-31-43-41-15-7-9-17-49(41)65(51(43)33-47(45)59(63)73)55(69)35-11-3-1-4-12-35)61-27-29-62(30-28-61)54(68)38-21-25-40(26-22-38)64-58(72)46-32-44-42-16-8-10-18-50(42)66(52(44)34-48(46)60(64)74)56(70)36-13-5-2-6-14-36/h1-26,45-48H,27-34H2. The van der Waals surface area contributed by atoms with Gasteiger partial charge in [-0.2, -0.15) is 0 Å². The Morgan fingerprint density at radius 2 is 0.649 bits per heavy atom. The third-order valence-corrected chi connectivity index (χ3v) is 16.0. The van der Waals surface area contributed by atoms with Crippen molar-refractivity contribution in [2.45, 2.75) is 25.7 Å². The molecule has 74 heavy (non-hydrogen) atoms. The molecule has 0 saturated carbocycles. The van der Waals surface area contributed by atoms with Gasteiger partial charge in [0.2, 0.25) is 23.6 Å².